The quantitative estimate of drug-likeness (QED) is 0.571. The van der Waals surface area contributed by atoms with E-state index in [9.17, 15) is 9.59 Å². The highest BCUT2D eigenvalue weighted by Gasteiger charge is 2.54. The highest BCUT2D eigenvalue weighted by Crippen LogP contribution is 2.59. The van der Waals surface area contributed by atoms with E-state index in [1.165, 1.54) is 18.2 Å². The van der Waals surface area contributed by atoms with Crippen LogP contribution in [0.4, 0.5) is 4.79 Å². The van der Waals surface area contributed by atoms with Crippen LogP contribution in [0.2, 0.25) is 0 Å². The minimum Gasteiger partial charge on any atom is -0.437 e. The number of ether oxygens (including phenoxy) is 2. The van der Waals surface area contributed by atoms with Crippen molar-refractivity contribution < 1.29 is 19.1 Å². The van der Waals surface area contributed by atoms with Crippen LogP contribution in [0.5, 0.6) is 5.75 Å². The van der Waals surface area contributed by atoms with Gasteiger partial charge >= 0.3 is 6.16 Å². The number of carbonyl (C=O) groups excluding carboxylic acids is 2. The Labute approximate surface area is 142 Å². The molecule has 128 valence electrons. The van der Waals surface area contributed by atoms with E-state index in [2.05, 4.69) is 17.7 Å². The molecular weight excluding hydrogens is 304 g/mol. The summed E-state index contributed by atoms with van der Waals surface area (Å²) < 4.78 is 9.72. The zero-order valence-electron chi connectivity index (χ0n) is 14.3. The lowest BCUT2D eigenvalue weighted by Gasteiger charge is -2.48. The van der Waals surface area contributed by atoms with Crippen LogP contribution in [0.25, 0.3) is 0 Å². The minimum absolute atomic E-state index is 0.0768. The van der Waals surface area contributed by atoms with Crippen LogP contribution < -0.4 is 4.74 Å². The predicted molar refractivity (Wildman–Crippen MR) is 89.1 cm³/mol. The molecule has 4 heteroatoms. The number of aryl methyl sites for hydroxylation is 1. The van der Waals surface area contributed by atoms with Crippen molar-refractivity contribution in [3.63, 3.8) is 0 Å². The molecule has 4 rings (SSSR count). The van der Waals surface area contributed by atoms with Gasteiger partial charge in [0.2, 0.25) is 0 Å². The Morgan fingerprint density at radius 3 is 2.83 bits per heavy atom. The van der Waals surface area contributed by atoms with E-state index >= 15 is 0 Å². The average molecular weight is 328 g/mol. The van der Waals surface area contributed by atoms with E-state index in [0.717, 1.165) is 38.5 Å². The summed E-state index contributed by atoms with van der Waals surface area (Å²) >= 11 is 0. The molecule has 0 radical (unpaired) electrons. The van der Waals surface area contributed by atoms with Crippen molar-refractivity contribution in [1.82, 2.24) is 0 Å². The monoisotopic (exact) mass is 328 g/mol. The van der Waals surface area contributed by atoms with Crippen molar-refractivity contribution in [1.29, 1.82) is 0 Å². The van der Waals surface area contributed by atoms with Crippen LogP contribution in [0.3, 0.4) is 0 Å². The van der Waals surface area contributed by atoms with Crippen molar-refractivity contribution in [2.75, 3.05) is 7.11 Å². The number of hydrogen-bond acceptors (Lipinski definition) is 4. The summed E-state index contributed by atoms with van der Waals surface area (Å²) in [5.74, 6) is 2.75. The number of methoxy groups -OCH3 is 1. The van der Waals surface area contributed by atoms with Crippen molar-refractivity contribution in [2.45, 2.75) is 51.4 Å². The first-order chi connectivity index (χ1) is 11.5. The lowest BCUT2D eigenvalue weighted by molar-refractivity contribution is -0.129. The molecule has 0 unspecified atom stereocenters. The summed E-state index contributed by atoms with van der Waals surface area (Å²) in [4.78, 5) is 23.7. The largest absolute Gasteiger partial charge is 0.513 e. The number of benzene rings is 1. The molecule has 2 fully saturated rings. The standard InChI is InChI=1S/C20H24O4/c1-20-10-9-15-14-6-4-13(24-19(22)23-2)11-12(14)3-5-16(15)17(20)7-8-18(20)21/h4,6,11,15-17H,3,5,7-10H2,1-2H3/t15-,16+,17+,20+/m1/s1. The van der Waals surface area contributed by atoms with Gasteiger partial charge in [0.1, 0.15) is 11.5 Å². The van der Waals surface area contributed by atoms with Crippen molar-refractivity contribution in [3.8, 4) is 5.75 Å². The van der Waals surface area contributed by atoms with Crippen LogP contribution in [-0.4, -0.2) is 19.0 Å². The first-order valence-electron chi connectivity index (χ1n) is 8.95. The minimum atomic E-state index is -0.679. The lowest BCUT2D eigenvalue weighted by Crippen LogP contribution is -2.42. The molecular formula is C20H24O4. The molecule has 0 aliphatic heterocycles. The molecule has 0 amide bonds. The second-order valence-electron chi connectivity index (χ2n) is 7.75. The third kappa shape index (κ3) is 2.27. The van der Waals surface area contributed by atoms with Gasteiger partial charge < -0.3 is 9.47 Å². The van der Waals surface area contributed by atoms with E-state index in [4.69, 9.17) is 4.74 Å². The van der Waals surface area contributed by atoms with Crippen LogP contribution in [0.15, 0.2) is 18.2 Å². The van der Waals surface area contributed by atoms with Crippen LogP contribution in [0, 0.1) is 17.3 Å². The zero-order valence-corrected chi connectivity index (χ0v) is 14.3. The maximum Gasteiger partial charge on any atom is 0.513 e. The molecule has 0 heterocycles. The SMILES string of the molecule is COC(=O)Oc1ccc2c(c1)CC[C@H]1[C@@H]2CC[C@]2(C)C(=O)CC[C@@H]12. The smallest absolute Gasteiger partial charge is 0.437 e. The summed E-state index contributed by atoms with van der Waals surface area (Å²) in [5, 5.41) is 0. The fraction of sp³-hybridized carbons (Fsp3) is 0.600. The van der Waals surface area contributed by atoms with Gasteiger partial charge in [-0.1, -0.05) is 13.0 Å². The molecule has 4 nitrogen and oxygen atoms in total. The van der Waals surface area contributed by atoms with Gasteiger partial charge in [0, 0.05) is 11.8 Å². The Bertz CT molecular complexity index is 695. The maximum absolute atomic E-state index is 12.4. The number of Topliss-reactive ketones (excluding diaryl/α,β-unsaturated/α-hetero) is 1. The molecule has 24 heavy (non-hydrogen) atoms. The van der Waals surface area contributed by atoms with E-state index in [0.29, 0.717) is 29.3 Å². The van der Waals surface area contributed by atoms with E-state index in [1.807, 2.05) is 12.1 Å². The molecule has 0 spiro atoms. The summed E-state index contributed by atoms with van der Waals surface area (Å²) in [6.07, 6.45) is 5.38. The first-order valence-corrected chi connectivity index (χ1v) is 8.95. The predicted octanol–water partition coefficient (Wildman–Crippen LogP) is 4.26. The normalized spacial score (nSPS) is 34.1. The highest BCUT2D eigenvalue weighted by atomic mass is 16.7. The Morgan fingerprint density at radius 2 is 2.04 bits per heavy atom. The van der Waals surface area contributed by atoms with E-state index < -0.39 is 6.16 Å². The van der Waals surface area contributed by atoms with Gasteiger partial charge in [-0.25, -0.2) is 4.79 Å². The maximum atomic E-state index is 12.4. The van der Waals surface area contributed by atoms with Crippen LogP contribution >= 0.6 is 0 Å². The first kappa shape index (κ1) is 15.7. The fourth-order valence-corrected chi connectivity index (χ4v) is 5.53. The molecule has 0 bridgehead atoms. The van der Waals surface area contributed by atoms with Crippen molar-refractivity contribution in [2.24, 2.45) is 17.3 Å². The summed E-state index contributed by atoms with van der Waals surface area (Å²) in [6.45, 7) is 2.20. The van der Waals surface area contributed by atoms with Gasteiger partial charge in [0.25, 0.3) is 0 Å². The van der Waals surface area contributed by atoms with E-state index in [-0.39, 0.29) is 5.41 Å². The highest BCUT2D eigenvalue weighted by molar-refractivity contribution is 5.87. The molecule has 2 saturated carbocycles. The van der Waals surface area contributed by atoms with Gasteiger partial charge in [-0.05, 0) is 73.1 Å². The van der Waals surface area contributed by atoms with Crippen molar-refractivity contribution >= 4 is 11.9 Å². The number of fused-ring (bicyclic) bond motifs is 5. The van der Waals surface area contributed by atoms with Crippen LogP contribution in [-0.2, 0) is 16.0 Å². The molecule has 0 N–H and O–H groups in total. The molecule has 1 aromatic carbocycles. The lowest BCUT2D eigenvalue weighted by atomic mass is 9.55. The second kappa shape index (κ2) is 5.61. The van der Waals surface area contributed by atoms with Gasteiger partial charge in [-0.15, -0.1) is 0 Å². The summed E-state index contributed by atoms with van der Waals surface area (Å²) in [6, 6.07) is 5.96. The van der Waals surface area contributed by atoms with E-state index in [1.54, 1.807) is 0 Å². The number of hydrogen-bond donors (Lipinski definition) is 0. The molecule has 3 aliphatic rings. The Kier molecular flexibility index (Phi) is 3.66. The fourth-order valence-electron chi connectivity index (χ4n) is 5.53. The number of ketones is 1. The van der Waals surface area contributed by atoms with Gasteiger partial charge in [0.15, 0.2) is 0 Å². The van der Waals surface area contributed by atoms with Crippen LogP contribution in [0.1, 0.15) is 56.1 Å². The summed E-state index contributed by atoms with van der Waals surface area (Å²) in [5.41, 5.74) is 2.60. The topological polar surface area (TPSA) is 52.6 Å². The van der Waals surface area contributed by atoms with Gasteiger partial charge in [0.05, 0.1) is 7.11 Å². The number of carbonyl (C=O) groups is 2. The Hall–Kier alpha value is -1.84. The Morgan fingerprint density at radius 1 is 1.21 bits per heavy atom. The zero-order chi connectivity index (χ0) is 16.9. The molecule has 0 aromatic heterocycles. The van der Waals surface area contributed by atoms with Crippen molar-refractivity contribution in [3.05, 3.63) is 29.3 Å². The number of rotatable bonds is 1. The average Bonchev–Trinajstić information content (AvgIpc) is 2.89. The molecule has 3 aliphatic carbocycles. The molecule has 4 atom stereocenters. The third-order valence-electron chi connectivity index (χ3n) is 6.77. The summed E-state index contributed by atoms with van der Waals surface area (Å²) in [7, 11) is 1.31. The second-order valence-corrected chi connectivity index (χ2v) is 7.75. The molecule has 0 saturated heterocycles. The molecule has 1 aromatic rings. The Balaban J connectivity index is 1.61. The van der Waals surface area contributed by atoms with Gasteiger partial charge in [-0.3, -0.25) is 4.79 Å². The third-order valence-corrected chi connectivity index (χ3v) is 6.77. The van der Waals surface area contributed by atoms with Gasteiger partial charge in [-0.2, -0.15) is 0 Å².